The number of carbonyl (C=O) groups excluding carboxylic acids is 1. The first-order chi connectivity index (χ1) is 10.1. The SMILES string of the molecule is CC(C)C1CCC(=O)C(CN2CCOC3CCCCC32)C1. The van der Waals surface area contributed by atoms with Crippen LogP contribution in [0.5, 0.6) is 0 Å². The second-order valence-corrected chi connectivity index (χ2v) is 7.70. The highest BCUT2D eigenvalue weighted by atomic mass is 16.5. The Hall–Kier alpha value is -0.410. The van der Waals surface area contributed by atoms with Gasteiger partial charge in [-0.05, 0) is 37.5 Å². The van der Waals surface area contributed by atoms with Crippen LogP contribution in [-0.4, -0.2) is 42.5 Å². The van der Waals surface area contributed by atoms with Crippen molar-refractivity contribution in [3.05, 3.63) is 0 Å². The summed E-state index contributed by atoms with van der Waals surface area (Å²) in [5, 5.41) is 0. The molecule has 21 heavy (non-hydrogen) atoms. The van der Waals surface area contributed by atoms with Gasteiger partial charge >= 0.3 is 0 Å². The number of fused-ring (bicyclic) bond motifs is 1. The summed E-state index contributed by atoms with van der Waals surface area (Å²) in [6.07, 6.45) is 8.60. The number of Topliss-reactive ketones (excluding diaryl/α,β-unsaturated/α-hetero) is 1. The van der Waals surface area contributed by atoms with Crippen LogP contribution in [0.2, 0.25) is 0 Å². The maximum atomic E-state index is 12.3. The van der Waals surface area contributed by atoms with Crippen LogP contribution in [0.4, 0.5) is 0 Å². The van der Waals surface area contributed by atoms with E-state index in [0.29, 0.717) is 23.8 Å². The Morgan fingerprint density at radius 2 is 2.05 bits per heavy atom. The molecule has 1 heterocycles. The van der Waals surface area contributed by atoms with E-state index in [1.165, 1.54) is 25.7 Å². The molecular formula is C18H31NO2. The molecule has 3 aliphatic rings. The lowest BCUT2D eigenvalue weighted by molar-refractivity contribution is -0.130. The molecule has 0 spiro atoms. The molecule has 1 aliphatic heterocycles. The highest BCUT2D eigenvalue weighted by Gasteiger charge is 2.38. The molecule has 2 aliphatic carbocycles. The zero-order chi connectivity index (χ0) is 14.8. The number of ether oxygens (including phenoxy) is 1. The second kappa shape index (κ2) is 6.78. The summed E-state index contributed by atoms with van der Waals surface area (Å²) in [6.45, 7) is 7.49. The van der Waals surface area contributed by atoms with Gasteiger partial charge in [-0.15, -0.1) is 0 Å². The van der Waals surface area contributed by atoms with Crippen LogP contribution in [0.3, 0.4) is 0 Å². The molecule has 0 aromatic carbocycles. The van der Waals surface area contributed by atoms with Gasteiger partial charge in [-0.2, -0.15) is 0 Å². The van der Waals surface area contributed by atoms with Gasteiger partial charge in [0.15, 0.2) is 0 Å². The summed E-state index contributed by atoms with van der Waals surface area (Å²) in [4.78, 5) is 14.9. The molecule has 0 N–H and O–H groups in total. The third-order valence-corrected chi connectivity index (χ3v) is 6.05. The Morgan fingerprint density at radius 3 is 2.86 bits per heavy atom. The Balaban J connectivity index is 1.62. The van der Waals surface area contributed by atoms with Gasteiger partial charge in [0.05, 0.1) is 12.7 Å². The highest BCUT2D eigenvalue weighted by Crippen LogP contribution is 2.34. The molecule has 4 unspecified atom stereocenters. The molecule has 0 radical (unpaired) electrons. The first-order valence-corrected chi connectivity index (χ1v) is 9.03. The van der Waals surface area contributed by atoms with Gasteiger partial charge in [-0.3, -0.25) is 9.69 Å². The zero-order valence-corrected chi connectivity index (χ0v) is 13.7. The minimum absolute atomic E-state index is 0.284. The smallest absolute Gasteiger partial charge is 0.137 e. The van der Waals surface area contributed by atoms with Gasteiger partial charge in [0.1, 0.15) is 5.78 Å². The summed E-state index contributed by atoms with van der Waals surface area (Å²) in [7, 11) is 0. The van der Waals surface area contributed by atoms with Crippen molar-refractivity contribution in [1.29, 1.82) is 0 Å². The maximum Gasteiger partial charge on any atom is 0.137 e. The van der Waals surface area contributed by atoms with Crippen molar-refractivity contribution in [2.45, 2.75) is 70.9 Å². The summed E-state index contributed by atoms with van der Waals surface area (Å²) in [5.41, 5.74) is 0. The van der Waals surface area contributed by atoms with E-state index in [2.05, 4.69) is 18.7 Å². The predicted octanol–water partition coefficient (Wildman–Crippen LogP) is 3.27. The Morgan fingerprint density at radius 1 is 1.24 bits per heavy atom. The molecule has 3 heteroatoms. The molecule has 1 saturated heterocycles. The van der Waals surface area contributed by atoms with Gasteiger partial charge < -0.3 is 4.74 Å². The maximum absolute atomic E-state index is 12.3. The lowest BCUT2D eigenvalue weighted by atomic mass is 9.75. The topological polar surface area (TPSA) is 29.5 Å². The van der Waals surface area contributed by atoms with Crippen LogP contribution in [0.25, 0.3) is 0 Å². The van der Waals surface area contributed by atoms with Crippen LogP contribution < -0.4 is 0 Å². The molecule has 0 aromatic rings. The van der Waals surface area contributed by atoms with E-state index < -0.39 is 0 Å². The second-order valence-electron chi connectivity index (χ2n) is 7.70. The van der Waals surface area contributed by atoms with Crippen molar-refractivity contribution in [3.8, 4) is 0 Å². The van der Waals surface area contributed by atoms with Gasteiger partial charge in [-0.25, -0.2) is 0 Å². The molecule has 120 valence electrons. The van der Waals surface area contributed by atoms with E-state index in [4.69, 9.17) is 4.74 Å². The molecule has 0 bridgehead atoms. The van der Waals surface area contributed by atoms with E-state index in [1.54, 1.807) is 0 Å². The minimum Gasteiger partial charge on any atom is -0.375 e. The largest absolute Gasteiger partial charge is 0.375 e. The normalized spacial score (nSPS) is 38.5. The molecule has 4 atom stereocenters. The van der Waals surface area contributed by atoms with Gasteiger partial charge in [-0.1, -0.05) is 26.7 Å². The quantitative estimate of drug-likeness (QED) is 0.800. The number of ketones is 1. The minimum atomic E-state index is 0.284. The fourth-order valence-corrected chi connectivity index (χ4v) is 4.61. The standard InChI is InChI=1S/C18H31NO2/c1-13(2)14-7-8-17(20)15(11-14)12-19-9-10-21-18-6-4-3-5-16(18)19/h13-16,18H,3-12H2,1-2H3. The molecule has 3 nitrogen and oxygen atoms in total. The third kappa shape index (κ3) is 3.50. The van der Waals surface area contributed by atoms with E-state index in [0.717, 1.165) is 44.9 Å². The summed E-state index contributed by atoms with van der Waals surface area (Å²) in [6, 6.07) is 0.583. The van der Waals surface area contributed by atoms with E-state index >= 15 is 0 Å². The van der Waals surface area contributed by atoms with Crippen molar-refractivity contribution >= 4 is 5.78 Å². The van der Waals surface area contributed by atoms with Crippen LogP contribution in [-0.2, 0) is 9.53 Å². The lowest BCUT2D eigenvalue weighted by Gasteiger charge is -2.45. The Bertz CT molecular complexity index is 366. The van der Waals surface area contributed by atoms with E-state index in [1.807, 2.05) is 0 Å². The fraction of sp³-hybridized carbons (Fsp3) is 0.944. The van der Waals surface area contributed by atoms with Crippen molar-refractivity contribution in [1.82, 2.24) is 4.90 Å². The Labute approximate surface area is 129 Å². The predicted molar refractivity (Wildman–Crippen MR) is 84.2 cm³/mol. The molecule has 0 amide bonds. The molecule has 0 aromatic heterocycles. The fourth-order valence-electron chi connectivity index (χ4n) is 4.61. The first-order valence-electron chi connectivity index (χ1n) is 9.03. The van der Waals surface area contributed by atoms with Crippen molar-refractivity contribution in [2.75, 3.05) is 19.7 Å². The number of hydrogen-bond acceptors (Lipinski definition) is 3. The highest BCUT2D eigenvalue weighted by molar-refractivity contribution is 5.82. The summed E-state index contributed by atoms with van der Waals surface area (Å²) >= 11 is 0. The number of morpholine rings is 1. The first kappa shape index (κ1) is 15.5. The van der Waals surface area contributed by atoms with Gasteiger partial charge in [0.25, 0.3) is 0 Å². The van der Waals surface area contributed by atoms with Crippen molar-refractivity contribution in [3.63, 3.8) is 0 Å². The lowest BCUT2D eigenvalue weighted by Crippen LogP contribution is -2.54. The van der Waals surface area contributed by atoms with Crippen LogP contribution in [0.1, 0.15) is 58.8 Å². The average molecular weight is 293 g/mol. The van der Waals surface area contributed by atoms with E-state index in [9.17, 15) is 4.79 Å². The Kier molecular flexibility index (Phi) is 5.00. The zero-order valence-electron chi connectivity index (χ0n) is 13.7. The number of rotatable bonds is 3. The van der Waals surface area contributed by atoms with E-state index in [-0.39, 0.29) is 5.92 Å². The molecular weight excluding hydrogens is 262 g/mol. The van der Waals surface area contributed by atoms with Gasteiger partial charge in [0, 0.05) is 31.5 Å². The number of nitrogens with zero attached hydrogens (tertiary/aromatic N) is 1. The number of hydrogen-bond donors (Lipinski definition) is 0. The monoisotopic (exact) mass is 293 g/mol. The molecule has 2 saturated carbocycles. The average Bonchev–Trinajstić information content (AvgIpc) is 2.49. The van der Waals surface area contributed by atoms with Crippen molar-refractivity contribution in [2.24, 2.45) is 17.8 Å². The summed E-state index contributed by atoms with van der Waals surface area (Å²) in [5.74, 6) is 2.26. The number of carbonyl (C=O) groups is 1. The molecule has 3 fully saturated rings. The van der Waals surface area contributed by atoms with Crippen LogP contribution in [0, 0.1) is 17.8 Å². The molecule has 3 rings (SSSR count). The van der Waals surface area contributed by atoms with Crippen LogP contribution in [0.15, 0.2) is 0 Å². The van der Waals surface area contributed by atoms with Crippen molar-refractivity contribution < 1.29 is 9.53 Å². The van der Waals surface area contributed by atoms with Gasteiger partial charge in [0.2, 0.25) is 0 Å². The third-order valence-electron chi connectivity index (χ3n) is 6.05. The van der Waals surface area contributed by atoms with Crippen LogP contribution >= 0.6 is 0 Å². The summed E-state index contributed by atoms with van der Waals surface area (Å²) < 4.78 is 5.96.